The number of carbonyl (C=O) groups is 1. The Morgan fingerprint density at radius 2 is 2.21 bits per heavy atom. The molecule has 14 heavy (non-hydrogen) atoms. The molecule has 0 aromatic carbocycles. The fourth-order valence-corrected chi connectivity index (χ4v) is 2.24. The van der Waals surface area contributed by atoms with Crippen LogP contribution in [0.2, 0.25) is 0 Å². The van der Waals surface area contributed by atoms with Crippen LogP contribution in [-0.2, 0) is 4.79 Å². The molecule has 0 spiro atoms. The van der Waals surface area contributed by atoms with Crippen LogP contribution in [0.15, 0.2) is 0 Å². The standard InChI is InChI=1S/C10H18N2O2/c13-6-7-2-1-3-8(7)12-10(14)9-4-5-11-9/h7-9,11,13H,1-6H2,(H,12,14)/t7-,8-,9?/m0/s1. The van der Waals surface area contributed by atoms with Crippen LogP contribution in [0, 0.1) is 5.92 Å². The summed E-state index contributed by atoms with van der Waals surface area (Å²) in [4.78, 5) is 11.6. The molecule has 1 amide bonds. The first-order valence-electron chi connectivity index (χ1n) is 5.46. The van der Waals surface area contributed by atoms with Crippen molar-refractivity contribution in [3.63, 3.8) is 0 Å². The van der Waals surface area contributed by atoms with Gasteiger partial charge in [-0.05, 0) is 25.8 Å². The number of aliphatic hydroxyl groups excluding tert-OH is 1. The number of hydrogen-bond acceptors (Lipinski definition) is 3. The van der Waals surface area contributed by atoms with E-state index >= 15 is 0 Å². The van der Waals surface area contributed by atoms with E-state index in [1.54, 1.807) is 0 Å². The predicted molar refractivity (Wildman–Crippen MR) is 52.8 cm³/mol. The lowest BCUT2D eigenvalue weighted by molar-refractivity contribution is -0.125. The second kappa shape index (κ2) is 4.28. The average molecular weight is 198 g/mol. The Kier molecular flexibility index (Phi) is 3.03. The van der Waals surface area contributed by atoms with Crippen molar-refractivity contribution in [3.8, 4) is 0 Å². The Balaban J connectivity index is 1.80. The minimum Gasteiger partial charge on any atom is -0.396 e. The molecule has 2 fully saturated rings. The molecule has 0 bridgehead atoms. The molecule has 1 saturated heterocycles. The molecule has 80 valence electrons. The van der Waals surface area contributed by atoms with Crippen LogP contribution < -0.4 is 10.6 Å². The van der Waals surface area contributed by atoms with Crippen molar-refractivity contribution < 1.29 is 9.90 Å². The van der Waals surface area contributed by atoms with Crippen molar-refractivity contribution in [1.82, 2.24) is 10.6 Å². The zero-order valence-electron chi connectivity index (χ0n) is 8.33. The third kappa shape index (κ3) is 1.91. The monoisotopic (exact) mass is 198 g/mol. The summed E-state index contributed by atoms with van der Waals surface area (Å²) in [6.07, 6.45) is 4.12. The van der Waals surface area contributed by atoms with E-state index in [4.69, 9.17) is 5.11 Å². The van der Waals surface area contributed by atoms with Crippen LogP contribution in [0.1, 0.15) is 25.7 Å². The van der Waals surface area contributed by atoms with E-state index in [-0.39, 0.29) is 30.5 Å². The van der Waals surface area contributed by atoms with Crippen molar-refractivity contribution in [2.24, 2.45) is 5.92 Å². The minimum atomic E-state index is 0.0231. The summed E-state index contributed by atoms with van der Waals surface area (Å²) in [5, 5.41) is 15.2. The smallest absolute Gasteiger partial charge is 0.237 e. The normalized spacial score (nSPS) is 36.5. The zero-order valence-corrected chi connectivity index (χ0v) is 8.33. The molecule has 1 unspecified atom stereocenters. The second-order valence-corrected chi connectivity index (χ2v) is 4.28. The minimum absolute atomic E-state index is 0.0231. The van der Waals surface area contributed by atoms with Gasteiger partial charge in [-0.1, -0.05) is 6.42 Å². The Morgan fingerprint density at radius 1 is 1.43 bits per heavy atom. The Morgan fingerprint density at radius 3 is 2.79 bits per heavy atom. The van der Waals surface area contributed by atoms with Crippen molar-refractivity contribution in [2.75, 3.05) is 13.2 Å². The van der Waals surface area contributed by atoms with E-state index in [2.05, 4.69) is 10.6 Å². The van der Waals surface area contributed by atoms with E-state index < -0.39 is 0 Å². The van der Waals surface area contributed by atoms with Gasteiger partial charge >= 0.3 is 0 Å². The Labute approximate surface area is 84.1 Å². The summed E-state index contributed by atoms with van der Waals surface area (Å²) in [7, 11) is 0. The quantitative estimate of drug-likeness (QED) is 0.579. The summed E-state index contributed by atoms with van der Waals surface area (Å²) in [5.74, 6) is 0.389. The van der Waals surface area contributed by atoms with Crippen molar-refractivity contribution in [3.05, 3.63) is 0 Å². The van der Waals surface area contributed by atoms with Gasteiger partial charge in [-0.25, -0.2) is 0 Å². The number of carbonyl (C=O) groups excluding carboxylic acids is 1. The highest BCUT2D eigenvalue weighted by atomic mass is 16.3. The highest BCUT2D eigenvalue weighted by Crippen LogP contribution is 2.25. The number of rotatable bonds is 3. The first-order chi connectivity index (χ1) is 6.81. The SMILES string of the molecule is O=C(N[C@H]1CCC[C@H]1CO)C1CCN1. The molecule has 4 nitrogen and oxygen atoms in total. The fourth-order valence-electron chi connectivity index (χ4n) is 2.24. The zero-order chi connectivity index (χ0) is 9.97. The lowest BCUT2D eigenvalue weighted by Crippen LogP contribution is -2.55. The summed E-state index contributed by atoms with van der Waals surface area (Å²) in [6, 6.07) is 0.227. The molecular weight excluding hydrogens is 180 g/mol. The van der Waals surface area contributed by atoms with Gasteiger partial charge in [-0.3, -0.25) is 4.79 Å². The molecule has 3 atom stereocenters. The van der Waals surface area contributed by atoms with Gasteiger partial charge in [0, 0.05) is 18.6 Å². The van der Waals surface area contributed by atoms with Crippen LogP contribution in [-0.4, -0.2) is 36.2 Å². The molecule has 1 saturated carbocycles. The molecule has 1 aliphatic heterocycles. The van der Waals surface area contributed by atoms with E-state index in [1.807, 2.05) is 0 Å². The molecule has 1 heterocycles. The van der Waals surface area contributed by atoms with Gasteiger partial charge in [0.1, 0.15) is 0 Å². The molecule has 4 heteroatoms. The topological polar surface area (TPSA) is 61.4 Å². The lowest BCUT2D eigenvalue weighted by Gasteiger charge is -2.29. The summed E-state index contributed by atoms with van der Waals surface area (Å²) >= 11 is 0. The third-order valence-electron chi connectivity index (χ3n) is 3.36. The van der Waals surface area contributed by atoms with Crippen LogP contribution in [0.5, 0.6) is 0 Å². The largest absolute Gasteiger partial charge is 0.396 e. The maximum Gasteiger partial charge on any atom is 0.237 e. The van der Waals surface area contributed by atoms with Gasteiger partial charge in [0.05, 0.1) is 6.04 Å². The highest BCUT2D eigenvalue weighted by molar-refractivity contribution is 5.82. The van der Waals surface area contributed by atoms with Gasteiger partial charge in [-0.2, -0.15) is 0 Å². The summed E-state index contributed by atoms with van der Waals surface area (Å²) in [6.45, 7) is 1.15. The average Bonchev–Trinajstić information content (AvgIpc) is 2.48. The van der Waals surface area contributed by atoms with Gasteiger partial charge in [0.15, 0.2) is 0 Å². The van der Waals surface area contributed by atoms with Crippen molar-refractivity contribution >= 4 is 5.91 Å². The predicted octanol–water partition coefficient (Wildman–Crippen LogP) is -0.375. The van der Waals surface area contributed by atoms with Crippen LogP contribution in [0.4, 0.5) is 0 Å². The Bertz CT molecular complexity index is 216. The number of amides is 1. The first-order valence-corrected chi connectivity index (χ1v) is 5.46. The lowest BCUT2D eigenvalue weighted by atomic mass is 10.0. The second-order valence-electron chi connectivity index (χ2n) is 4.28. The molecule has 1 aliphatic carbocycles. The number of aliphatic hydroxyl groups is 1. The maximum absolute atomic E-state index is 11.6. The van der Waals surface area contributed by atoms with E-state index in [0.717, 1.165) is 32.2 Å². The van der Waals surface area contributed by atoms with Gasteiger partial charge in [0.2, 0.25) is 5.91 Å². The van der Waals surface area contributed by atoms with Crippen LogP contribution in [0.25, 0.3) is 0 Å². The summed E-state index contributed by atoms with van der Waals surface area (Å²) < 4.78 is 0. The number of hydrogen-bond donors (Lipinski definition) is 3. The Hall–Kier alpha value is -0.610. The van der Waals surface area contributed by atoms with Crippen molar-refractivity contribution in [2.45, 2.75) is 37.8 Å². The fraction of sp³-hybridized carbons (Fsp3) is 0.900. The molecule has 3 N–H and O–H groups in total. The van der Waals surface area contributed by atoms with Gasteiger partial charge in [0.25, 0.3) is 0 Å². The summed E-state index contributed by atoms with van der Waals surface area (Å²) in [5.41, 5.74) is 0. The molecule has 0 aromatic heterocycles. The molecule has 0 aromatic rings. The van der Waals surface area contributed by atoms with E-state index in [0.29, 0.717) is 0 Å². The van der Waals surface area contributed by atoms with Crippen LogP contribution >= 0.6 is 0 Å². The third-order valence-corrected chi connectivity index (χ3v) is 3.36. The first kappa shape index (κ1) is 9.93. The van der Waals surface area contributed by atoms with Crippen molar-refractivity contribution in [1.29, 1.82) is 0 Å². The molecular formula is C10H18N2O2. The highest BCUT2D eigenvalue weighted by Gasteiger charge is 2.31. The van der Waals surface area contributed by atoms with E-state index in [9.17, 15) is 4.79 Å². The van der Waals surface area contributed by atoms with E-state index in [1.165, 1.54) is 0 Å². The van der Waals surface area contributed by atoms with Gasteiger partial charge < -0.3 is 15.7 Å². The number of nitrogens with one attached hydrogen (secondary N) is 2. The molecule has 2 rings (SSSR count). The van der Waals surface area contributed by atoms with Gasteiger partial charge in [-0.15, -0.1) is 0 Å². The maximum atomic E-state index is 11.6. The molecule has 0 radical (unpaired) electrons. The van der Waals surface area contributed by atoms with Crippen LogP contribution in [0.3, 0.4) is 0 Å². The molecule has 2 aliphatic rings.